The van der Waals surface area contributed by atoms with Crippen molar-refractivity contribution in [2.45, 2.75) is 19.6 Å². The number of benzene rings is 2. The molecule has 2 aromatic rings. The van der Waals surface area contributed by atoms with E-state index in [1.807, 2.05) is 12.1 Å². The van der Waals surface area contributed by atoms with Crippen LogP contribution in [0.15, 0.2) is 65.2 Å². The van der Waals surface area contributed by atoms with E-state index in [4.69, 9.17) is 28.0 Å². The number of carbonyl (C=O) groups excluding carboxylic acids is 1. The van der Waals surface area contributed by atoms with Gasteiger partial charge in [0.05, 0.1) is 31.5 Å². The predicted octanol–water partition coefficient (Wildman–Crippen LogP) is 5.43. The third-order valence-electron chi connectivity index (χ3n) is 5.27. The number of ether oxygens (including phenoxy) is 4. The van der Waals surface area contributed by atoms with E-state index in [-0.39, 0.29) is 50.2 Å². The average Bonchev–Trinajstić information content (AvgIpc) is 2.99. The first kappa shape index (κ1) is 34.3. The first-order valence-electron chi connectivity index (χ1n) is 13.0. The van der Waals surface area contributed by atoms with Gasteiger partial charge in [-0.2, -0.15) is 5.26 Å². The highest BCUT2D eigenvalue weighted by molar-refractivity contribution is 8.02. The molecule has 10 nitrogen and oxygen atoms in total. The molecule has 0 spiro atoms. The summed E-state index contributed by atoms with van der Waals surface area (Å²) in [4.78, 5) is 12.9. The molecule has 0 radical (unpaired) electrons. The van der Waals surface area contributed by atoms with Gasteiger partial charge < -0.3 is 33.3 Å². The largest absolute Gasteiger partial charge is 0.490 e. The van der Waals surface area contributed by atoms with Crippen molar-refractivity contribution in [1.29, 1.82) is 5.26 Å². The minimum absolute atomic E-state index is 0.00299. The van der Waals surface area contributed by atoms with Crippen LogP contribution >= 0.6 is 19.4 Å². The maximum absolute atomic E-state index is 15.1. The fourth-order valence-corrected chi connectivity index (χ4v) is 5.90. The fourth-order valence-electron chi connectivity index (χ4n) is 3.38. The Morgan fingerprint density at radius 1 is 0.951 bits per heavy atom. The van der Waals surface area contributed by atoms with Gasteiger partial charge >= 0.3 is 13.6 Å². The van der Waals surface area contributed by atoms with Gasteiger partial charge in [0.2, 0.25) is 0 Å². The molecule has 2 aromatic carbocycles. The van der Waals surface area contributed by atoms with Gasteiger partial charge in [0.1, 0.15) is 30.8 Å². The Labute approximate surface area is 244 Å². The van der Waals surface area contributed by atoms with E-state index in [9.17, 15) is 14.6 Å². The zero-order valence-corrected chi connectivity index (χ0v) is 25.1. The number of halogens is 1. The summed E-state index contributed by atoms with van der Waals surface area (Å²) in [6.45, 7) is 4.37. The summed E-state index contributed by atoms with van der Waals surface area (Å²) in [5.74, 6) is -2.44. The van der Waals surface area contributed by atoms with Crippen LogP contribution in [-0.4, -0.2) is 65.1 Å². The molecule has 0 aliphatic carbocycles. The summed E-state index contributed by atoms with van der Waals surface area (Å²) in [7, 11) is -4.21. The van der Waals surface area contributed by atoms with Crippen molar-refractivity contribution < 1.29 is 41.7 Å². The van der Waals surface area contributed by atoms with Gasteiger partial charge in [-0.3, -0.25) is 4.57 Å². The molecular formula is C28H36FN2O8PS. The van der Waals surface area contributed by atoms with Crippen molar-refractivity contribution in [3.8, 4) is 11.8 Å². The van der Waals surface area contributed by atoms with E-state index >= 15 is 4.39 Å². The molecule has 13 heteroatoms. The van der Waals surface area contributed by atoms with E-state index in [1.54, 1.807) is 50.4 Å². The Balaban J connectivity index is 2.34. The smallest absolute Gasteiger partial charge is 0.357 e. The second-order valence-electron chi connectivity index (χ2n) is 7.99. The molecule has 1 N–H and O–H groups in total. The molecule has 0 saturated heterocycles. The fraction of sp³-hybridized carbons (Fsp3) is 0.429. The highest BCUT2D eigenvalue weighted by atomic mass is 32.2. The number of para-hydroxylation sites is 1. The van der Waals surface area contributed by atoms with Crippen LogP contribution in [0.2, 0.25) is 0 Å². The van der Waals surface area contributed by atoms with Crippen molar-refractivity contribution in [2.24, 2.45) is 0 Å². The Hall–Kier alpha value is -2.91. The van der Waals surface area contributed by atoms with Gasteiger partial charge in [0, 0.05) is 18.8 Å². The lowest BCUT2D eigenvalue weighted by Crippen LogP contribution is -2.26. The summed E-state index contributed by atoms with van der Waals surface area (Å²) < 4.78 is 62.1. The van der Waals surface area contributed by atoms with Gasteiger partial charge in [0.15, 0.2) is 11.4 Å². The van der Waals surface area contributed by atoms with Crippen LogP contribution in [-0.2, 0) is 32.6 Å². The summed E-state index contributed by atoms with van der Waals surface area (Å²) >= 11 is 0.986. The quantitative estimate of drug-likeness (QED) is 0.0678. The van der Waals surface area contributed by atoms with Crippen LogP contribution < -0.4 is 10.1 Å². The van der Waals surface area contributed by atoms with Gasteiger partial charge in [-0.1, -0.05) is 36.4 Å². The minimum atomic E-state index is -4.21. The number of hydrogen-bond acceptors (Lipinski definition) is 11. The summed E-state index contributed by atoms with van der Waals surface area (Å²) in [6, 6.07) is 16.5. The van der Waals surface area contributed by atoms with Gasteiger partial charge in [-0.15, -0.1) is 11.8 Å². The zero-order valence-electron chi connectivity index (χ0n) is 23.4. The Morgan fingerprint density at radius 2 is 1.56 bits per heavy atom. The molecule has 1 unspecified atom stereocenters. The molecule has 0 heterocycles. The lowest BCUT2D eigenvalue weighted by atomic mass is 10.2. The van der Waals surface area contributed by atoms with Crippen LogP contribution in [0, 0.1) is 17.1 Å². The van der Waals surface area contributed by atoms with E-state index in [1.165, 1.54) is 18.2 Å². The SMILES string of the molecule is CCOCCOP(=O)(OCCOCC)C(N/C(SC)=C(/C#N)C(=O)OCCOc1ccccc1)c1ccccc1F. The monoisotopic (exact) mass is 610 g/mol. The second kappa shape index (κ2) is 19.3. The lowest BCUT2D eigenvalue weighted by Gasteiger charge is -2.29. The number of hydrogen-bond donors (Lipinski definition) is 1. The summed E-state index contributed by atoms with van der Waals surface area (Å²) in [6.07, 6.45) is 1.60. The number of carbonyl (C=O) groups is 1. The Kier molecular flexibility index (Phi) is 16.1. The normalized spacial score (nSPS) is 12.7. The molecule has 2 rings (SSSR count). The number of nitrogens with one attached hydrogen (secondary N) is 1. The molecule has 1 atom stereocenters. The van der Waals surface area contributed by atoms with E-state index < -0.39 is 30.7 Å². The van der Waals surface area contributed by atoms with Crippen molar-refractivity contribution in [3.05, 3.63) is 76.6 Å². The van der Waals surface area contributed by atoms with Crippen LogP contribution in [0.4, 0.5) is 4.39 Å². The van der Waals surface area contributed by atoms with Crippen molar-refractivity contribution in [2.75, 3.05) is 59.1 Å². The van der Waals surface area contributed by atoms with E-state index in [0.717, 1.165) is 11.8 Å². The van der Waals surface area contributed by atoms with Crippen LogP contribution in [0.25, 0.3) is 0 Å². The number of thioether (sulfide) groups is 1. The lowest BCUT2D eigenvalue weighted by molar-refractivity contribution is -0.139. The second-order valence-corrected chi connectivity index (χ2v) is 10.9. The molecule has 0 aliphatic heterocycles. The van der Waals surface area contributed by atoms with Crippen LogP contribution in [0.1, 0.15) is 25.2 Å². The third kappa shape index (κ3) is 11.5. The molecule has 0 amide bonds. The average molecular weight is 611 g/mol. The third-order valence-corrected chi connectivity index (χ3v) is 8.12. The molecule has 0 saturated carbocycles. The highest BCUT2D eigenvalue weighted by Crippen LogP contribution is 2.60. The number of rotatable bonds is 20. The molecule has 224 valence electrons. The summed E-state index contributed by atoms with van der Waals surface area (Å²) in [5, 5.41) is 12.7. The van der Waals surface area contributed by atoms with Gasteiger partial charge in [0.25, 0.3) is 0 Å². The molecule has 0 aromatic heterocycles. The van der Waals surface area contributed by atoms with Crippen LogP contribution in [0.5, 0.6) is 5.75 Å². The highest BCUT2D eigenvalue weighted by Gasteiger charge is 2.40. The molecule has 0 aliphatic rings. The first-order chi connectivity index (χ1) is 19.9. The minimum Gasteiger partial charge on any atom is -0.490 e. The maximum atomic E-state index is 15.1. The number of nitriles is 1. The van der Waals surface area contributed by atoms with Gasteiger partial charge in [-0.25, -0.2) is 9.18 Å². The molecular weight excluding hydrogens is 574 g/mol. The van der Waals surface area contributed by atoms with Crippen molar-refractivity contribution >= 4 is 25.3 Å². The standard InChI is InChI=1S/C28H36FN2O8PS/c1-4-34-15-19-38-40(33,39-20-16-35-5-2)26(23-13-9-10-14-25(23)29)31-27(41-3)24(21-30)28(32)37-18-17-36-22-11-7-6-8-12-22/h6-14,26,31H,4-5,15-20H2,1-3H3/b27-24+. The van der Waals surface area contributed by atoms with E-state index in [0.29, 0.717) is 19.0 Å². The van der Waals surface area contributed by atoms with Gasteiger partial charge in [-0.05, 0) is 38.3 Å². The Morgan fingerprint density at radius 3 is 2.12 bits per heavy atom. The Bertz CT molecular complexity index is 1180. The maximum Gasteiger partial charge on any atom is 0.357 e. The number of esters is 1. The predicted molar refractivity (Wildman–Crippen MR) is 154 cm³/mol. The van der Waals surface area contributed by atoms with Crippen molar-refractivity contribution in [1.82, 2.24) is 5.32 Å². The molecule has 0 fully saturated rings. The first-order valence-corrected chi connectivity index (χ1v) is 15.8. The van der Waals surface area contributed by atoms with Crippen LogP contribution in [0.3, 0.4) is 0 Å². The molecule has 41 heavy (non-hydrogen) atoms. The molecule has 0 bridgehead atoms. The van der Waals surface area contributed by atoms with E-state index in [2.05, 4.69) is 5.32 Å². The summed E-state index contributed by atoms with van der Waals surface area (Å²) in [5.41, 5.74) is -0.439. The number of nitrogens with zero attached hydrogens (tertiary/aromatic N) is 1. The zero-order chi connectivity index (χ0) is 29.9. The topological polar surface area (TPSA) is 125 Å². The van der Waals surface area contributed by atoms with Crippen molar-refractivity contribution in [3.63, 3.8) is 0 Å².